The summed E-state index contributed by atoms with van der Waals surface area (Å²) in [5.41, 5.74) is -0.0424. The molecule has 9 heteroatoms. The highest BCUT2D eigenvalue weighted by Gasteiger charge is 2.34. The van der Waals surface area contributed by atoms with Crippen molar-refractivity contribution in [2.24, 2.45) is 5.92 Å². The molecule has 0 amide bonds. The van der Waals surface area contributed by atoms with Gasteiger partial charge in [0.15, 0.2) is 5.03 Å². The maximum Gasteiger partial charge on any atom is 0.342 e. The highest BCUT2D eigenvalue weighted by atomic mass is 32.2. The van der Waals surface area contributed by atoms with E-state index in [9.17, 15) is 13.2 Å². The molecule has 0 radical (unpaired) electrons. The number of rotatable bonds is 6. The zero-order valence-corrected chi connectivity index (χ0v) is 13.6. The number of H-pyrrole nitrogens is 1. The standard InChI is InChI=1S/C13H22N4O4S/c1-3-21-13(18)11-9-15-16-12(11)22(19,20)17-6-4-10(5-7-17)8-14-2/h9-10,14H,3-8H2,1-2H3,(H,15,16). The Hall–Kier alpha value is -1.45. The second-order valence-electron chi connectivity index (χ2n) is 5.24. The van der Waals surface area contributed by atoms with E-state index in [1.54, 1.807) is 6.92 Å². The number of aromatic nitrogens is 2. The lowest BCUT2D eigenvalue weighted by Gasteiger charge is -2.30. The van der Waals surface area contributed by atoms with Crippen molar-refractivity contribution < 1.29 is 17.9 Å². The van der Waals surface area contributed by atoms with Crippen LogP contribution in [0.25, 0.3) is 0 Å². The number of hydrogen-bond acceptors (Lipinski definition) is 6. The Morgan fingerprint density at radius 3 is 2.77 bits per heavy atom. The summed E-state index contributed by atoms with van der Waals surface area (Å²) >= 11 is 0. The third kappa shape index (κ3) is 3.47. The number of ether oxygens (including phenoxy) is 1. The number of nitrogens with zero attached hydrogens (tertiary/aromatic N) is 2. The van der Waals surface area contributed by atoms with Gasteiger partial charge in [-0.2, -0.15) is 9.40 Å². The quantitative estimate of drug-likeness (QED) is 0.722. The number of nitrogens with one attached hydrogen (secondary N) is 2. The minimum absolute atomic E-state index is 0.0424. The molecule has 0 aromatic carbocycles. The summed E-state index contributed by atoms with van der Waals surface area (Å²) in [4.78, 5) is 11.8. The smallest absolute Gasteiger partial charge is 0.342 e. The van der Waals surface area contributed by atoms with Gasteiger partial charge in [0.05, 0.1) is 12.8 Å². The Labute approximate surface area is 130 Å². The molecule has 1 aromatic rings. The Balaban J connectivity index is 2.15. The number of hydrogen-bond donors (Lipinski definition) is 2. The molecule has 1 fully saturated rings. The maximum absolute atomic E-state index is 12.7. The molecule has 1 saturated heterocycles. The summed E-state index contributed by atoms with van der Waals surface area (Å²) in [5, 5.41) is 9.04. The van der Waals surface area contributed by atoms with Crippen molar-refractivity contribution >= 4 is 16.0 Å². The van der Waals surface area contributed by atoms with Crippen LogP contribution in [0.5, 0.6) is 0 Å². The summed E-state index contributed by atoms with van der Waals surface area (Å²) in [5.74, 6) is -0.206. The number of aromatic amines is 1. The molecule has 1 aliphatic rings. The first kappa shape index (κ1) is 16.9. The van der Waals surface area contributed by atoms with E-state index in [0.29, 0.717) is 19.0 Å². The van der Waals surface area contributed by atoms with Crippen LogP contribution in [0.4, 0.5) is 0 Å². The van der Waals surface area contributed by atoms with E-state index in [4.69, 9.17) is 4.74 Å². The van der Waals surface area contributed by atoms with E-state index in [-0.39, 0.29) is 17.2 Å². The van der Waals surface area contributed by atoms with Gasteiger partial charge >= 0.3 is 5.97 Å². The average Bonchev–Trinajstić information content (AvgIpc) is 2.99. The Morgan fingerprint density at radius 1 is 1.50 bits per heavy atom. The molecule has 2 rings (SSSR count). The molecule has 1 aliphatic heterocycles. The fraction of sp³-hybridized carbons (Fsp3) is 0.692. The summed E-state index contributed by atoms with van der Waals surface area (Å²) in [6, 6.07) is 0. The molecule has 0 saturated carbocycles. The third-order valence-corrected chi connectivity index (χ3v) is 5.64. The topological polar surface area (TPSA) is 104 Å². The van der Waals surface area contributed by atoms with Gasteiger partial charge in [0, 0.05) is 13.1 Å². The fourth-order valence-corrected chi connectivity index (χ4v) is 4.13. The van der Waals surface area contributed by atoms with Crippen LogP contribution < -0.4 is 5.32 Å². The van der Waals surface area contributed by atoms with Crippen LogP contribution in [0.15, 0.2) is 11.2 Å². The molecule has 0 spiro atoms. The Bertz CT molecular complexity index is 605. The Kier molecular flexibility index (Phi) is 5.54. The van der Waals surface area contributed by atoms with Gasteiger partial charge in [0.25, 0.3) is 10.0 Å². The monoisotopic (exact) mass is 330 g/mol. The molecule has 1 aromatic heterocycles. The van der Waals surface area contributed by atoms with E-state index in [1.807, 2.05) is 7.05 Å². The number of carbonyl (C=O) groups excluding carboxylic acids is 1. The molecule has 0 atom stereocenters. The minimum Gasteiger partial charge on any atom is -0.462 e. The number of carbonyl (C=O) groups is 1. The van der Waals surface area contributed by atoms with Crippen molar-refractivity contribution in [2.75, 3.05) is 33.3 Å². The lowest BCUT2D eigenvalue weighted by atomic mass is 9.98. The predicted octanol–water partition coefficient (Wildman–Crippen LogP) is 0.207. The first-order valence-corrected chi connectivity index (χ1v) is 8.80. The van der Waals surface area contributed by atoms with Crippen LogP contribution in [-0.2, 0) is 14.8 Å². The lowest BCUT2D eigenvalue weighted by Crippen LogP contribution is -2.40. The molecule has 0 bridgehead atoms. The van der Waals surface area contributed by atoms with E-state index in [0.717, 1.165) is 19.4 Å². The molecular formula is C13H22N4O4S. The summed E-state index contributed by atoms with van der Waals surface area (Å²) in [7, 11) is -1.87. The third-order valence-electron chi connectivity index (χ3n) is 3.76. The van der Waals surface area contributed by atoms with Gasteiger partial charge < -0.3 is 10.1 Å². The largest absolute Gasteiger partial charge is 0.462 e. The van der Waals surface area contributed by atoms with Gasteiger partial charge in [-0.15, -0.1) is 0 Å². The van der Waals surface area contributed by atoms with E-state index < -0.39 is 16.0 Å². The van der Waals surface area contributed by atoms with Gasteiger partial charge in [-0.25, -0.2) is 13.2 Å². The van der Waals surface area contributed by atoms with Crippen LogP contribution in [0.1, 0.15) is 30.1 Å². The van der Waals surface area contributed by atoms with Crippen molar-refractivity contribution in [3.05, 3.63) is 11.8 Å². The summed E-state index contributed by atoms with van der Waals surface area (Å²) < 4.78 is 31.6. The van der Waals surface area contributed by atoms with Gasteiger partial charge in [-0.05, 0) is 39.3 Å². The molecule has 2 heterocycles. The molecule has 2 N–H and O–H groups in total. The van der Waals surface area contributed by atoms with Crippen LogP contribution >= 0.6 is 0 Å². The number of piperidine rings is 1. The molecular weight excluding hydrogens is 308 g/mol. The van der Waals surface area contributed by atoms with Crippen LogP contribution in [0.3, 0.4) is 0 Å². The maximum atomic E-state index is 12.7. The molecule has 0 aliphatic carbocycles. The van der Waals surface area contributed by atoms with Crippen molar-refractivity contribution in [2.45, 2.75) is 24.8 Å². The first-order chi connectivity index (χ1) is 10.5. The normalized spacial score (nSPS) is 17.5. The SMILES string of the molecule is CCOC(=O)c1cn[nH]c1S(=O)(=O)N1CCC(CNC)CC1. The van der Waals surface area contributed by atoms with Gasteiger partial charge in [0.2, 0.25) is 0 Å². The second-order valence-corrected chi connectivity index (χ2v) is 7.11. The van der Waals surface area contributed by atoms with Crippen molar-refractivity contribution in [1.82, 2.24) is 19.8 Å². The van der Waals surface area contributed by atoms with Crippen LogP contribution in [-0.4, -0.2) is 62.2 Å². The fourth-order valence-electron chi connectivity index (χ4n) is 2.60. The molecule has 22 heavy (non-hydrogen) atoms. The zero-order chi connectivity index (χ0) is 16.2. The van der Waals surface area contributed by atoms with Crippen molar-refractivity contribution in [3.63, 3.8) is 0 Å². The molecule has 124 valence electrons. The average molecular weight is 330 g/mol. The zero-order valence-electron chi connectivity index (χ0n) is 12.8. The highest BCUT2D eigenvalue weighted by Crippen LogP contribution is 2.24. The number of esters is 1. The van der Waals surface area contributed by atoms with E-state index in [2.05, 4.69) is 15.5 Å². The van der Waals surface area contributed by atoms with Gasteiger partial charge in [-0.3, -0.25) is 5.10 Å². The summed E-state index contributed by atoms with van der Waals surface area (Å²) in [6.07, 6.45) is 2.78. The predicted molar refractivity (Wildman–Crippen MR) is 80.0 cm³/mol. The number of sulfonamides is 1. The molecule has 0 unspecified atom stereocenters. The van der Waals surface area contributed by atoms with Gasteiger partial charge in [-0.1, -0.05) is 0 Å². The minimum atomic E-state index is -3.76. The molecule has 8 nitrogen and oxygen atoms in total. The van der Waals surface area contributed by atoms with E-state index in [1.165, 1.54) is 10.5 Å². The van der Waals surface area contributed by atoms with Gasteiger partial charge in [0.1, 0.15) is 5.56 Å². The van der Waals surface area contributed by atoms with E-state index >= 15 is 0 Å². The first-order valence-electron chi connectivity index (χ1n) is 7.36. The van der Waals surface area contributed by atoms with Crippen molar-refractivity contribution in [3.8, 4) is 0 Å². The summed E-state index contributed by atoms with van der Waals surface area (Å²) in [6.45, 7) is 3.61. The van der Waals surface area contributed by atoms with Crippen molar-refractivity contribution in [1.29, 1.82) is 0 Å². The Morgan fingerprint density at radius 2 is 2.18 bits per heavy atom. The van der Waals surface area contributed by atoms with Crippen LogP contribution in [0.2, 0.25) is 0 Å². The lowest BCUT2D eigenvalue weighted by molar-refractivity contribution is 0.0521. The van der Waals surface area contributed by atoms with Crippen LogP contribution in [0, 0.1) is 5.92 Å². The highest BCUT2D eigenvalue weighted by molar-refractivity contribution is 7.89. The second kappa shape index (κ2) is 7.21.